The Balaban J connectivity index is 2.48. The summed E-state index contributed by atoms with van der Waals surface area (Å²) in [6, 6.07) is 5.87. The van der Waals surface area contributed by atoms with E-state index in [-0.39, 0.29) is 17.7 Å². The number of nitrogens with one attached hydrogen (secondary N) is 2. The second kappa shape index (κ2) is 7.87. The van der Waals surface area contributed by atoms with Gasteiger partial charge in [-0.3, -0.25) is 9.59 Å². The molecule has 1 rings (SSSR count). The number of halogens is 1. The van der Waals surface area contributed by atoms with E-state index in [9.17, 15) is 9.59 Å². The van der Waals surface area contributed by atoms with E-state index >= 15 is 0 Å². The quantitative estimate of drug-likeness (QED) is 0.737. The maximum atomic E-state index is 11.9. The highest BCUT2D eigenvalue weighted by Crippen LogP contribution is 2.09. The van der Waals surface area contributed by atoms with Gasteiger partial charge >= 0.3 is 0 Å². The van der Waals surface area contributed by atoms with Gasteiger partial charge in [-0.2, -0.15) is 0 Å². The van der Waals surface area contributed by atoms with Crippen LogP contribution in [0, 0.1) is 5.92 Å². The van der Waals surface area contributed by atoms with E-state index in [1.165, 1.54) is 0 Å². The molecule has 0 spiro atoms. The van der Waals surface area contributed by atoms with Crippen molar-refractivity contribution in [2.45, 2.75) is 19.9 Å². The number of rotatable bonds is 6. The topological polar surface area (TPSA) is 84.2 Å². The minimum absolute atomic E-state index is 0.207. The molecular weight excluding hydrogens is 278 g/mol. The van der Waals surface area contributed by atoms with Crippen molar-refractivity contribution in [1.29, 1.82) is 0 Å². The van der Waals surface area contributed by atoms with Gasteiger partial charge in [0.2, 0.25) is 5.91 Å². The highest BCUT2D eigenvalue weighted by Gasteiger charge is 2.16. The molecule has 0 aliphatic carbocycles. The molecule has 0 aromatic heterocycles. The fourth-order valence-corrected chi connectivity index (χ4v) is 1.58. The van der Waals surface area contributed by atoms with Crippen LogP contribution >= 0.6 is 11.6 Å². The van der Waals surface area contributed by atoms with Gasteiger partial charge in [-0.1, -0.05) is 18.5 Å². The number of amides is 2. The monoisotopic (exact) mass is 297 g/mol. The van der Waals surface area contributed by atoms with Gasteiger partial charge in [0, 0.05) is 17.1 Å². The molecule has 20 heavy (non-hydrogen) atoms. The first-order valence-electron chi connectivity index (χ1n) is 6.48. The molecule has 0 radical (unpaired) electrons. The predicted molar refractivity (Wildman–Crippen MR) is 79.6 cm³/mol. The Morgan fingerprint density at radius 2 is 1.85 bits per heavy atom. The van der Waals surface area contributed by atoms with E-state index in [1.807, 2.05) is 6.92 Å². The summed E-state index contributed by atoms with van der Waals surface area (Å²) in [6.45, 7) is 4.58. The van der Waals surface area contributed by atoms with E-state index in [1.54, 1.807) is 31.2 Å². The first-order valence-corrected chi connectivity index (χ1v) is 6.86. The van der Waals surface area contributed by atoms with Crippen LogP contribution in [0.3, 0.4) is 0 Å². The number of hydrogen-bond acceptors (Lipinski definition) is 3. The van der Waals surface area contributed by atoms with Gasteiger partial charge in [0.05, 0.1) is 0 Å². The number of carbonyl (C=O) groups excluding carboxylic acids is 2. The fourth-order valence-electron chi connectivity index (χ4n) is 1.46. The molecule has 2 amide bonds. The van der Waals surface area contributed by atoms with Crippen LogP contribution in [0.2, 0.25) is 5.02 Å². The van der Waals surface area contributed by atoms with Crippen molar-refractivity contribution in [3.63, 3.8) is 0 Å². The van der Waals surface area contributed by atoms with Crippen molar-refractivity contribution in [2.24, 2.45) is 11.7 Å². The molecule has 2 atom stereocenters. The molecule has 1 aromatic rings. The number of nitrogens with two attached hydrogens (primary N) is 1. The molecule has 0 aliphatic rings. The molecular formula is C14H20ClN3O2. The largest absolute Gasteiger partial charge is 0.354 e. The van der Waals surface area contributed by atoms with E-state index < -0.39 is 6.04 Å². The summed E-state index contributed by atoms with van der Waals surface area (Å²) < 4.78 is 0. The lowest BCUT2D eigenvalue weighted by atomic mass is 10.1. The van der Waals surface area contributed by atoms with Gasteiger partial charge in [-0.25, -0.2) is 0 Å². The molecule has 0 saturated carbocycles. The zero-order valence-corrected chi connectivity index (χ0v) is 12.4. The maximum absolute atomic E-state index is 11.9. The van der Waals surface area contributed by atoms with Crippen molar-refractivity contribution < 1.29 is 9.59 Å². The third-order valence-electron chi connectivity index (χ3n) is 2.87. The van der Waals surface area contributed by atoms with Gasteiger partial charge in [-0.15, -0.1) is 0 Å². The molecule has 0 saturated heterocycles. The van der Waals surface area contributed by atoms with Crippen molar-refractivity contribution in [3.05, 3.63) is 34.9 Å². The number of benzene rings is 1. The predicted octanol–water partition coefficient (Wildman–Crippen LogP) is 1.17. The van der Waals surface area contributed by atoms with Crippen molar-refractivity contribution in [3.8, 4) is 0 Å². The number of hydrogen-bond donors (Lipinski definition) is 3. The van der Waals surface area contributed by atoms with E-state index in [0.717, 1.165) is 0 Å². The summed E-state index contributed by atoms with van der Waals surface area (Å²) in [4.78, 5) is 23.7. The zero-order chi connectivity index (χ0) is 15.1. The molecule has 0 fully saturated rings. The first-order chi connectivity index (χ1) is 9.43. The van der Waals surface area contributed by atoms with Crippen molar-refractivity contribution in [2.75, 3.05) is 13.1 Å². The Hall–Kier alpha value is -1.59. The van der Waals surface area contributed by atoms with Crippen molar-refractivity contribution >= 4 is 23.4 Å². The summed E-state index contributed by atoms with van der Waals surface area (Å²) in [5, 5.41) is 5.93. The smallest absolute Gasteiger partial charge is 0.251 e. The summed E-state index contributed by atoms with van der Waals surface area (Å²) in [5.74, 6) is -0.332. The second-order valence-electron chi connectivity index (χ2n) is 4.79. The summed E-state index contributed by atoms with van der Waals surface area (Å²) in [5.41, 5.74) is 5.93. The highest BCUT2D eigenvalue weighted by atomic mass is 35.5. The summed E-state index contributed by atoms with van der Waals surface area (Å²) in [7, 11) is 0. The lowest BCUT2D eigenvalue weighted by molar-refractivity contribution is -0.122. The standard InChI is InChI=1S/C14H20ClN3O2/c1-9(7-16)8-17-13(19)10(2)18-14(20)11-3-5-12(15)6-4-11/h3-6,9-10H,7-8,16H2,1-2H3,(H,17,19)(H,18,20). The van der Waals surface area contributed by atoms with Crippen LogP contribution in [0.5, 0.6) is 0 Å². The van der Waals surface area contributed by atoms with Gasteiger partial charge in [0.15, 0.2) is 0 Å². The van der Waals surface area contributed by atoms with E-state index in [4.69, 9.17) is 17.3 Å². The Bertz CT molecular complexity index is 462. The molecule has 5 nitrogen and oxygen atoms in total. The molecule has 110 valence electrons. The van der Waals surface area contributed by atoms with Gasteiger partial charge in [0.25, 0.3) is 5.91 Å². The summed E-state index contributed by atoms with van der Waals surface area (Å²) in [6.07, 6.45) is 0. The Labute approximate surface area is 123 Å². The van der Waals surface area contributed by atoms with Crippen LogP contribution in [-0.4, -0.2) is 30.9 Å². The first kappa shape index (κ1) is 16.5. The SMILES string of the molecule is CC(CN)CNC(=O)C(C)NC(=O)c1ccc(Cl)cc1. The molecule has 6 heteroatoms. The average molecular weight is 298 g/mol. The lowest BCUT2D eigenvalue weighted by Crippen LogP contribution is -2.46. The van der Waals surface area contributed by atoms with E-state index in [0.29, 0.717) is 23.7 Å². The fraction of sp³-hybridized carbons (Fsp3) is 0.429. The van der Waals surface area contributed by atoms with Crippen LogP contribution in [0.1, 0.15) is 24.2 Å². The van der Waals surface area contributed by atoms with E-state index in [2.05, 4.69) is 10.6 Å². The minimum Gasteiger partial charge on any atom is -0.354 e. The lowest BCUT2D eigenvalue weighted by Gasteiger charge is -2.16. The van der Waals surface area contributed by atoms with Crippen LogP contribution in [-0.2, 0) is 4.79 Å². The maximum Gasteiger partial charge on any atom is 0.251 e. The van der Waals surface area contributed by atoms with Crippen LogP contribution in [0.4, 0.5) is 0 Å². The zero-order valence-electron chi connectivity index (χ0n) is 11.7. The average Bonchev–Trinajstić information content (AvgIpc) is 2.44. The number of carbonyl (C=O) groups is 2. The van der Waals surface area contributed by atoms with Gasteiger partial charge in [-0.05, 0) is 43.7 Å². The van der Waals surface area contributed by atoms with Crippen LogP contribution < -0.4 is 16.4 Å². The molecule has 2 unspecified atom stereocenters. The Morgan fingerprint density at radius 3 is 2.40 bits per heavy atom. The van der Waals surface area contributed by atoms with Crippen molar-refractivity contribution in [1.82, 2.24) is 10.6 Å². The third kappa shape index (κ3) is 5.19. The summed E-state index contributed by atoms with van der Waals surface area (Å²) >= 11 is 5.75. The Morgan fingerprint density at radius 1 is 1.25 bits per heavy atom. The van der Waals surface area contributed by atoms with Gasteiger partial charge < -0.3 is 16.4 Å². The molecule has 0 heterocycles. The van der Waals surface area contributed by atoms with Crippen LogP contribution in [0.25, 0.3) is 0 Å². The molecule has 1 aromatic carbocycles. The third-order valence-corrected chi connectivity index (χ3v) is 3.13. The second-order valence-corrected chi connectivity index (χ2v) is 5.22. The van der Waals surface area contributed by atoms with Gasteiger partial charge in [0.1, 0.15) is 6.04 Å². The normalized spacial score (nSPS) is 13.4. The highest BCUT2D eigenvalue weighted by molar-refractivity contribution is 6.30. The van der Waals surface area contributed by atoms with Crippen LogP contribution in [0.15, 0.2) is 24.3 Å². The minimum atomic E-state index is -0.608. The Kier molecular flexibility index (Phi) is 6.48. The molecule has 0 bridgehead atoms. The molecule has 4 N–H and O–H groups in total. The molecule has 0 aliphatic heterocycles.